The Kier molecular flexibility index (Phi) is 3.90. The highest BCUT2D eigenvalue weighted by Gasteiger charge is 2.24. The van der Waals surface area contributed by atoms with Crippen LogP contribution in [-0.4, -0.2) is 17.5 Å². The number of hydrogen-bond acceptors (Lipinski definition) is 5. The number of nitrogens with one attached hydrogen (secondary N) is 1. The van der Waals surface area contributed by atoms with Gasteiger partial charge in [-0.3, -0.25) is 4.79 Å². The van der Waals surface area contributed by atoms with Crippen LogP contribution in [0.4, 0.5) is 0 Å². The van der Waals surface area contributed by atoms with Crippen LogP contribution in [-0.2, 0) is 0 Å². The van der Waals surface area contributed by atoms with Gasteiger partial charge in [0.25, 0.3) is 5.91 Å². The van der Waals surface area contributed by atoms with Crippen LogP contribution in [0.5, 0.6) is 5.75 Å². The number of hydrogen-bond donors (Lipinski definition) is 1. The van der Waals surface area contributed by atoms with Gasteiger partial charge in [0.2, 0.25) is 0 Å². The minimum absolute atomic E-state index is 0.0848. The molecule has 1 aliphatic rings. The highest BCUT2D eigenvalue weighted by Crippen LogP contribution is 2.33. The Balaban J connectivity index is 1.38. The van der Waals surface area contributed by atoms with Gasteiger partial charge in [0.15, 0.2) is 16.5 Å². The topological polar surface area (TPSA) is 64.4 Å². The molecule has 27 heavy (non-hydrogen) atoms. The molecular formula is C21H16N2O3S. The molecule has 134 valence electrons. The van der Waals surface area contributed by atoms with Gasteiger partial charge in [-0.1, -0.05) is 30.3 Å². The first-order chi connectivity index (χ1) is 13.3. The minimum Gasteiger partial charge on any atom is -0.493 e. The van der Waals surface area contributed by atoms with E-state index in [0.29, 0.717) is 12.4 Å². The quantitative estimate of drug-likeness (QED) is 0.557. The van der Waals surface area contributed by atoms with E-state index in [1.165, 1.54) is 0 Å². The highest BCUT2D eigenvalue weighted by molar-refractivity contribution is 7.21. The smallest absolute Gasteiger partial charge is 0.287 e. The van der Waals surface area contributed by atoms with E-state index < -0.39 is 0 Å². The molecule has 6 heteroatoms. The van der Waals surface area contributed by atoms with E-state index in [0.717, 1.165) is 33.0 Å². The molecule has 5 nitrogen and oxygen atoms in total. The molecule has 1 aliphatic heterocycles. The van der Waals surface area contributed by atoms with Gasteiger partial charge >= 0.3 is 0 Å². The monoisotopic (exact) mass is 376 g/mol. The molecule has 2 aromatic carbocycles. The van der Waals surface area contributed by atoms with Crippen LogP contribution in [0.3, 0.4) is 0 Å². The molecule has 0 aliphatic carbocycles. The van der Waals surface area contributed by atoms with Crippen LogP contribution < -0.4 is 10.1 Å². The number of nitrogens with zero attached hydrogens (tertiary/aromatic N) is 1. The predicted molar refractivity (Wildman–Crippen MR) is 104 cm³/mol. The first-order valence-corrected chi connectivity index (χ1v) is 9.58. The van der Waals surface area contributed by atoms with Gasteiger partial charge in [-0.15, -0.1) is 11.3 Å². The maximum atomic E-state index is 12.7. The van der Waals surface area contributed by atoms with E-state index in [-0.39, 0.29) is 17.7 Å². The van der Waals surface area contributed by atoms with Crippen molar-refractivity contribution in [2.75, 3.05) is 6.61 Å². The minimum atomic E-state index is -0.232. The van der Waals surface area contributed by atoms with Crippen LogP contribution in [0.2, 0.25) is 0 Å². The first-order valence-electron chi connectivity index (χ1n) is 8.76. The fourth-order valence-corrected chi connectivity index (χ4v) is 4.20. The number of aromatic nitrogens is 1. The molecule has 5 rings (SSSR count). The number of carbonyl (C=O) groups excluding carboxylic acids is 1. The van der Waals surface area contributed by atoms with E-state index in [9.17, 15) is 4.79 Å². The Bertz CT molecular complexity index is 1100. The molecule has 4 aromatic rings. The van der Waals surface area contributed by atoms with Crippen molar-refractivity contribution in [3.05, 3.63) is 72.0 Å². The Hall–Kier alpha value is -3.12. The number of ether oxygens (including phenoxy) is 1. The summed E-state index contributed by atoms with van der Waals surface area (Å²) in [5.74, 6) is 1.48. The lowest BCUT2D eigenvalue weighted by atomic mass is 10.0. The van der Waals surface area contributed by atoms with Crippen molar-refractivity contribution in [2.24, 2.45) is 0 Å². The summed E-state index contributed by atoms with van der Waals surface area (Å²) in [6.07, 6.45) is 0.730. The van der Waals surface area contributed by atoms with Gasteiger partial charge < -0.3 is 14.5 Å². The molecule has 0 radical (unpaired) electrons. The molecule has 0 bridgehead atoms. The van der Waals surface area contributed by atoms with E-state index in [2.05, 4.69) is 10.3 Å². The Morgan fingerprint density at radius 2 is 1.93 bits per heavy atom. The number of furan rings is 1. The second-order valence-corrected chi connectivity index (χ2v) is 7.38. The fourth-order valence-electron chi connectivity index (χ4n) is 3.27. The average Bonchev–Trinajstić information content (AvgIpc) is 3.35. The number of para-hydroxylation sites is 2. The molecule has 0 saturated heterocycles. The van der Waals surface area contributed by atoms with Crippen molar-refractivity contribution >= 4 is 27.5 Å². The van der Waals surface area contributed by atoms with Gasteiger partial charge in [-0.05, 0) is 30.3 Å². The second-order valence-electron chi connectivity index (χ2n) is 6.35. The molecule has 1 amide bonds. The predicted octanol–water partition coefficient (Wildman–Crippen LogP) is 4.81. The van der Waals surface area contributed by atoms with E-state index in [1.54, 1.807) is 23.5 Å². The first kappa shape index (κ1) is 16.1. The van der Waals surface area contributed by atoms with Crippen molar-refractivity contribution in [1.82, 2.24) is 10.3 Å². The Labute approximate surface area is 159 Å². The fraction of sp³-hybridized carbons (Fsp3) is 0.143. The number of fused-ring (bicyclic) bond motifs is 2. The van der Waals surface area contributed by atoms with Gasteiger partial charge in [0, 0.05) is 12.0 Å². The average molecular weight is 376 g/mol. The summed E-state index contributed by atoms with van der Waals surface area (Å²) >= 11 is 1.55. The van der Waals surface area contributed by atoms with Gasteiger partial charge in [-0.25, -0.2) is 4.98 Å². The number of amides is 1. The zero-order chi connectivity index (χ0) is 18.2. The van der Waals surface area contributed by atoms with Crippen LogP contribution in [0.1, 0.15) is 28.6 Å². The normalized spacial score (nSPS) is 15.9. The molecule has 1 unspecified atom stereocenters. The van der Waals surface area contributed by atoms with Crippen molar-refractivity contribution in [3.8, 4) is 16.5 Å². The number of thiazole rings is 1. The van der Waals surface area contributed by atoms with E-state index >= 15 is 0 Å². The maximum Gasteiger partial charge on any atom is 0.287 e. The third-order valence-electron chi connectivity index (χ3n) is 4.60. The summed E-state index contributed by atoms with van der Waals surface area (Å²) in [5.41, 5.74) is 1.92. The van der Waals surface area contributed by atoms with Crippen LogP contribution >= 0.6 is 11.3 Å². The third-order valence-corrected chi connectivity index (χ3v) is 5.65. The highest BCUT2D eigenvalue weighted by atomic mass is 32.1. The summed E-state index contributed by atoms with van der Waals surface area (Å²) in [4.78, 5) is 17.3. The summed E-state index contributed by atoms with van der Waals surface area (Å²) in [6, 6.07) is 19.1. The lowest BCUT2D eigenvalue weighted by Gasteiger charge is -2.26. The lowest BCUT2D eigenvalue weighted by molar-refractivity contribution is 0.0897. The molecule has 1 atom stereocenters. The van der Waals surface area contributed by atoms with E-state index in [4.69, 9.17) is 9.15 Å². The van der Waals surface area contributed by atoms with Gasteiger partial charge in [0.05, 0.1) is 22.9 Å². The molecule has 0 fully saturated rings. The third kappa shape index (κ3) is 2.98. The summed E-state index contributed by atoms with van der Waals surface area (Å²) in [5, 5.41) is 3.82. The Morgan fingerprint density at radius 3 is 2.85 bits per heavy atom. The van der Waals surface area contributed by atoms with Gasteiger partial charge in [0.1, 0.15) is 5.75 Å². The Morgan fingerprint density at radius 1 is 1.07 bits per heavy atom. The molecule has 3 heterocycles. The van der Waals surface area contributed by atoms with Crippen molar-refractivity contribution < 1.29 is 13.9 Å². The second kappa shape index (κ2) is 6.55. The van der Waals surface area contributed by atoms with Crippen molar-refractivity contribution in [2.45, 2.75) is 12.5 Å². The van der Waals surface area contributed by atoms with Crippen LogP contribution in [0.15, 0.2) is 65.1 Å². The standard InChI is InChI=1S/C21H16N2O3S/c24-20(22-14-11-12-25-16-7-3-1-5-13(14)16)17-9-10-18(26-17)21-23-15-6-2-4-8-19(15)27-21/h1-10,14H,11-12H2,(H,22,24). The SMILES string of the molecule is O=C(NC1CCOc2ccccc21)c1ccc(-c2nc3ccccc3s2)o1. The van der Waals surface area contributed by atoms with Gasteiger partial charge in [-0.2, -0.15) is 0 Å². The molecule has 2 aromatic heterocycles. The molecule has 0 spiro atoms. The van der Waals surface area contributed by atoms with Crippen molar-refractivity contribution in [3.63, 3.8) is 0 Å². The summed E-state index contributed by atoms with van der Waals surface area (Å²) in [6.45, 7) is 0.580. The number of rotatable bonds is 3. The largest absolute Gasteiger partial charge is 0.493 e. The number of carbonyl (C=O) groups is 1. The zero-order valence-corrected chi connectivity index (χ0v) is 15.2. The van der Waals surface area contributed by atoms with Crippen molar-refractivity contribution in [1.29, 1.82) is 0 Å². The van der Waals surface area contributed by atoms with E-state index in [1.807, 2.05) is 48.5 Å². The lowest BCUT2D eigenvalue weighted by Crippen LogP contribution is -2.31. The van der Waals surface area contributed by atoms with Crippen LogP contribution in [0.25, 0.3) is 21.0 Å². The molecule has 1 N–H and O–H groups in total. The molecule has 0 saturated carbocycles. The maximum absolute atomic E-state index is 12.7. The summed E-state index contributed by atoms with van der Waals surface area (Å²) in [7, 11) is 0. The van der Waals surface area contributed by atoms with Crippen LogP contribution in [0, 0.1) is 0 Å². The molecular weight excluding hydrogens is 360 g/mol. The zero-order valence-electron chi connectivity index (χ0n) is 14.3. The number of benzene rings is 2. The summed E-state index contributed by atoms with van der Waals surface area (Å²) < 4.78 is 12.5.